The van der Waals surface area contributed by atoms with E-state index in [0.717, 1.165) is 124 Å². The highest BCUT2D eigenvalue weighted by molar-refractivity contribution is 5.90. The summed E-state index contributed by atoms with van der Waals surface area (Å²) in [5, 5.41) is 27.6. The predicted molar refractivity (Wildman–Crippen MR) is 217 cm³/mol. The Morgan fingerprint density at radius 3 is 2.07 bits per heavy atom. The molecule has 2 saturated heterocycles. The van der Waals surface area contributed by atoms with Crippen LogP contribution in [0.3, 0.4) is 0 Å². The van der Waals surface area contributed by atoms with Gasteiger partial charge in [-0.2, -0.15) is 20.4 Å². The molecule has 3 aromatic carbocycles. The number of imidazole rings is 1. The Bertz CT molecular complexity index is 2570. The molecule has 2 fully saturated rings. The van der Waals surface area contributed by atoms with Crippen molar-refractivity contribution in [3.05, 3.63) is 113 Å². The normalized spacial score (nSPS) is 15.5. The van der Waals surface area contributed by atoms with E-state index in [4.69, 9.17) is 0 Å². The number of aryl methyl sites for hydroxylation is 4. The van der Waals surface area contributed by atoms with Gasteiger partial charge < -0.3 is 10.6 Å². The Labute approximate surface area is 323 Å². The molecule has 0 atom stereocenters. The van der Waals surface area contributed by atoms with Gasteiger partial charge in [0, 0.05) is 64.1 Å². The van der Waals surface area contributed by atoms with Crippen molar-refractivity contribution in [2.24, 2.45) is 7.05 Å². The first-order valence-corrected chi connectivity index (χ1v) is 19.4. The SMILES string of the molecule is Cc1cc(-c2cc(F)c3cc(C4CCNCC4)nnc3c2)cc2cn(C)nc12.Cc1cn2nc(-c3cc(F)c4cc(C5CCNCC5)ncc4c3)cc(C)c2n1. The Hall–Kier alpha value is -5.72. The molecule has 0 unspecified atom stereocenters. The molecule has 56 heavy (non-hydrogen) atoms. The molecule has 10 rings (SSSR count). The van der Waals surface area contributed by atoms with Crippen LogP contribution in [0.5, 0.6) is 0 Å². The van der Waals surface area contributed by atoms with Crippen LogP contribution in [-0.4, -0.2) is 65.7 Å². The number of piperidine rings is 2. The molecule has 12 heteroatoms. The van der Waals surface area contributed by atoms with E-state index in [9.17, 15) is 0 Å². The highest BCUT2D eigenvalue weighted by Crippen LogP contribution is 2.33. The van der Waals surface area contributed by atoms with Crippen LogP contribution < -0.4 is 10.6 Å². The molecular weight excluding hydrogens is 707 g/mol. The van der Waals surface area contributed by atoms with Crippen molar-refractivity contribution in [3.63, 3.8) is 0 Å². The lowest BCUT2D eigenvalue weighted by Gasteiger charge is -2.22. The van der Waals surface area contributed by atoms with E-state index in [2.05, 4.69) is 41.0 Å². The minimum Gasteiger partial charge on any atom is -0.317 e. The largest absolute Gasteiger partial charge is 0.317 e. The fourth-order valence-electron chi connectivity index (χ4n) is 8.30. The number of pyridine rings is 1. The number of fused-ring (bicyclic) bond motifs is 4. The molecule has 0 amide bonds. The van der Waals surface area contributed by atoms with Crippen LogP contribution in [0.15, 0.2) is 73.2 Å². The number of nitrogens with zero attached hydrogens (tertiary/aromatic N) is 8. The number of nitrogens with one attached hydrogen (secondary N) is 2. The van der Waals surface area contributed by atoms with Gasteiger partial charge in [0.2, 0.25) is 0 Å². The number of hydrogen-bond acceptors (Lipinski definition) is 8. The molecule has 10 nitrogen and oxygen atoms in total. The molecule has 284 valence electrons. The second kappa shape index (κ2) is 14.7. The second-order valence-electron chi connectivity index (χ2n) is 15.4. The van der Waals surface area contributed by atoms with Crippen LogP contribution in [0, 0.1) is 32.4 Å². The third-order valence-electron chi connectivity index (χ3n) is 11.3. The van der Waals surface area contributed by atoms with E-state index in [1.54, 1.807) is 27.5 Å². The molecule has 0 saturated carbocycles. The summed E-state index contributed by atoms with van der Waals surface area (Å²) in [4.78, 5) is 9.13. The molecule has 7 heterocycles. The van der Waals surface area contributed by atoms with Gasteiger partial charge in [-0.25, -0.2) is 18.3 Å². The number of benzene rings is 3. The third kappa shape index (κ3) is 6.99. The van der Waals surface area contributed by atoms with E-state index < -0.39 is 0 Å². The second-order valence-corrected chi connectivity index (χ2v) is 15.4. The first-order chi connectivity index (χ1) is 27.2. The third-order valence-corrected chi connectivity index (χ3v) is 11.3. The first-order valence-electron chi connectivity index (χ1n) is 19.4. The monoisotopic (exact) mass is 750 g/mol. The van der Waals surface area contributed by atoms with E-state index in [0.29, 0.717) is 28.1 Å². The standard InChI is InChI=1S/2C22H22FN5/c1-13-7-15(8-17-12-28(2)27-22(13)17)16-9-19(23)18-11-20(25-26-21(18)10-16)14-3-5-24-6-4-14;1-13-7-21(27-28-12-14(2)26-22(13)28)16-8-17-11-25-20(10-18(17)19(23)9-16)15-3-5-24-6-4-15/h7-12,14,24H,3-6H2,1-2H3;7-12,15,24H,3-6H2,1-2H3. The maximum absolute atomic E-state index is 15.0. The van der Waals surface area contributed by atoms with Crippen molar-refractivity contribution in [1.29, 1.82) is 0 Å². The Morgan fingerprint density at radius 2 is 1.30 bits per heavy atom. The number of aromatic nitrogens is 8. The Morgan fingerprint density at radius 1 is 0.643 bits per heavy atom. The minimum absolute atomic E-state index is 0.230. The summed E-state index contributed by atoms with van der Waals surface area (Å²) in [6, 6.07) is 16.9. The molecule has 0 aliphatic carbocycles. The number of hydrogen-bond donors (Lipinski definition) is 2. The van der Waals surface area contributed by atoms with Gasteiger partial charge in [0.1, 0.15) is 11.6 Å². The fraction of sp³-hybridized carbons (Fsp3) is 0.318. The van der Waals surface area contributed by atoms with E-state index in [-0.39, 0.29) is 11.6 Å². The van der Waals surface area contributed by atoms with Gasteiger partial charge in [-0.15, -0.1) is 0 Å². The van der Waals surface area contributed by atoms with E-state index >= 15 is 8.78 Å². The zero-order valence-electron chi connectivity index (χ0n) is 32.1. The lowest BCUT2D eigenvalue weighted by Crippen LogP contribution is -2.27. The van der Waals surface area contributed by atoms with Crippen LogP contribution in [0.1, 0.15) is 65.7 Å². The van der Waals surface area contributed by atoms with Crippen LogP contribution in [0.2, 0.25) is 0 Å². The van der Waals surface area contributed by atoms with Gasteiger partial charge >= 0.3 is 0 Å². The smallest absolute Gasteiger partial charge is 0.156 e. The Balaban J connectivity index is 0.000000146. The summed E-state index contributed by atoms with van der Waals surface area (Å²) in [5.74, 6) is 0.279. The number of rotatable bonds is 4. The summed E-state index contributed by atoms with van der Waals surface area (Å²) in [6.45, 7) is 9.90. The van der Waals surface area contributed by atoms with Crippen molar-refractivity contribution in [3.8, 4) is 22.4 Å². The lowest BCUT2D eigenvalue weighted by molar-refractivity contribution is 0.451. The molecule has 0 radical (unpaired) electrons. The predicted octanol–water partition coefficient (Wildman–Crippen LogP) is 8.27. The summed E-state index contributed by atoms with van der Waals surface area (Å²) in [5.41, 5.74) is 10.5. The summed E-state index contributed by atoms with van der Waals surface area (Å²) in [7, 11) is 1.91. The quantitative estimate of drug-likeness (QED) is 0.185. The average molecular weight is 751 g/mol. The van der Waals surface area contributed by atoms with Crippen LogP contribution in [-0.2, 0) is 7.05 Å². The maximum atomic E-state index is 15.0. The van der Waals surface area contributed by atoms with E-state index in [1.165, 1.54) is 0 Å². The molecule has 2 aliphatic heterocycles. The van der Waals surface area contributed by atoms with Crippen molar-refractivity contribution in [2.75, 3.05) is 26.2 Å². The van der Waals surface area contributed by atoms with Gasteiger partial charge in [-0.3, -0.25) is 9.67 Å². The van der Waals surface area contributed by atoms with Crippen LogP contribution in [0.25, 0.3) is 60.6 Å². The highest BCUT2D eigenvalue weighted by atomic mass is 19.1. The fourth-order valence-corrected chi connectivity index (χ4v) is 8.30. The number of halogens is 2. The topological polar surface area (TPSA) is 111 Å². The first kappa shape index (κ1) is 35.9. The zero-order chi connectivity index (χ0) is 38.5. The molecule has 2 aliphatic rings. The minimum atomic E-state index is -0.249. The van der Waals surface area contributed by atoms with Gasteiger partial charge in [0.25, 0.3) is 0 Å². The summed E-state index contributed by atoms with van der Waals surface area (Å²) >= 11 is 0. The van der Waals surface area contributed by atoms with Crippen LogP contribution in [0.4, 0.5) is 8.78 Å². The Kier molecular flexibility index (Phi) is 9.46. The van der Waals surface area contributed by atoms with Crippen molar-refractivity contribution in [2.45, 2.75) is 58.3 Å². The van der Waals surface area contributed by atoms with Gasteiger partial charge in [-0.1, -0.05) is 0 Å². The molecular formula is C44H44F2N10. The van der Waals surface area contributed by atoms with Gasteiger partial charge in [-0.05, 0) is 149 Å². The van der Waals surface area contributed by atoms with Crippen molar-refractivity contribution in [1.82, 2.24) is 50.2 Å². The zero-order valence-corrected chi connectivity index (χ0v) is 32.1. The molecule has 8 aromatic rings. The van der Waals surface area contributed by atoms with Crippen molar-refractivity contribution < 1.29 is 8.78 Å². The maximum Gasteiger partial charge on any atom is 0.156 e. The molecule has 5 aromatic heterocycles. The summed E-state index contributed by atoms with van der Waals surface area (Å²) < 4.78 is 33.6. The molecule has 2 N–H and O–H groups in total. The highest BCUT2D eigenvalue weighted by Gasteiger charge is 2.20. The van der Waals surface area contributed by atoms with Gasteiger partial charge in [0.15, 0.2) is 5.65 Å². The summed E-state index contributed by atoms with van der Waals surface area (Å²) in [6.07, 6.45) is 9.79. The van der Waals surface area contributed by atoms with Gasteiger partial charge in [0.05, 0.1) is 34.3 Å². The average Bonchev–Trinajstić information content (AvgIpc) is 3.80. The van der Waals surface area contributed by atoms with Crippen molar-refractivity contribution >= 4 is 38.2 Å². The molecule has 0 bridgehead atoms. The van der Waals surface area contributed by atoms with E-state index in [1.807, 2.05) is 82.7 Å². The lowest BCUT2D eigenvalue weighted by atomic mass is 9.93. The molecule has 0 spiro atoms. The van der Waals surface area contributed by atoms with Crippen LogP contribution >= 0.6 is 0 Å².